The summed E-state index contributed by atoms with van der Waals surface area (Å²) in [4.78, 5) is 0. The summed E-state index contributed by atoms with van der Waals surface area (Å²) in [5.74, 6) is -3.92. The van der Waals surface area contributed by atoms with E-state index in [9.17, 15) is 22.0 Å². The Hall–Kier alpha value is -1.37. The molecular formula is C13H11BrF5N. The van der Waals surface area contributed by atoms with Crippen molar-refractivity contribution >= 4 is 15.9 Å². The van der Waals surface area contributed by atoms with E-state index < -0.39 is 29.3 Å². The molecule has 110 valence electrons. The van der Waals surface area contributed by atoms with Crippen molar-refractivity contribution < 1.29 is 22.0 Å². The Morgan fingerprint density at radius 3 is 2.40 bits per heavy atom. The van der Waals surface area contributed by atoms with Gasteiger partial charge in [-0.25, -0.2) is 8.78 Å². The molecule has 0 fully saturated rings. The van der Waals surface area contributed by atoms with Gasteiger partial charge < -0.3 is 5.73 Å². The van der Waals surface area contributed by atoms with Crippen LogP contribution in [-0.4, -0.2) is 0 Å². The van der Waals surface area contributed by atoms with Crippen molar-refractivity contribution in [2.75, 3.05) is 0 Å². The van der Waals surface area contributed by atoms with Crippen LogP contribution in [0.4, 0.5) is 22.0 Å². The van der Waals surface area contributed by atoms with Crippen LogP contribution in [0.2, 0.25) is 0 Å². The van der Waals surface area contributed by atoms with Gasteiger partial charge in [0.25, 0.3) is 0 Å². The molecule has 1 atom stereocenters. The largest absolute Gasteiger partial charge is 0.422 e. The van der Waals surface area contributed by atoms with Gasteiger partial charge in [0, 0.05) is 10.4 Å². The lowest BCUT2D eigenvalue weighted by atomic mass is 9.97. The minimum atomic E-state index is -5.08. The Morgan fingerprint density at radius 1 is 1.30 bits per heavy atom. The minimum Gasteiger partial charge on any atom is -0.405 e. The molecular weight excluding hydrogens is 345 g/mol. The predicted octanol–water partition coefficient (Wildman–Crippen LogP) is 4.84. The van der Waals surface area contributed by atoms with Crippen molar-refractivity contribution in [2.24, 2.45) is 5.73 Å². The summed E-state index contributed by atoms with van der Waals surface area (Å²) in [5.41, 5.74) is 3.03. The molecule has 0 aliphatic heterocycles. The molecule has 0 saturated heterocycles. The van der Waals surface area contributed by atoms with E-state index in [0.717, 1.165) is 6.07 Å². The van der Waals surface area contributed by atoms with E-state index in [1.807, 2.05) is 0 Å². The summed E-state index contributed by atoms with van der Waals surface area (Å²) in [7, 11) is 0. The van der Waals surface area contributed by atoms with E-state index in [1.165, 1.54) is 25.3 Å². The van der Waals surface area contributed by atoms with Gasteiger partial charge in [-0.1, -0.05) is 35.0 Å². The highest BCUT2D eigenvalue weighted by atomic mass is 79.9. The zero-order valence-electron chi connectivity index (χ0n) is 10.3. The Balaban J connectivity index is 3.31. The molecule has 0 saturated carbocycles. The van der Waals surface area contributed by atoms with Crippen LogP contribution in [-0.2, 0) is 6.18 Å². The first-order valence-electron chi connectivity index (χ1n) is 5.49. The third-order valence-electron chi connectivity index (χ3n) is 2.56. The second-order valence-corrected chi connectivity index (χ2v) is 4.94. The number of halogens is 6. The van der Waals surface area contributed by atoms with Gasteiger partial charge in [0.1, 0.15) is 17.2 Å². The Morgan fingerprint density at radius 2 is 1.90 bits per heavy atom. The second-order valence-electron chi connectivity index (χ2n) is 4.02. The van der Waals surface area contributed by atoms with E-state index in [-0.39, 0.29) is 5.56 Å². The summed E-state index contributed by atoms with van der Waals surface area (Å²) >= 11 is 3.11. The molecule has 7 heteroatoms. The number of nitrogens with two attached hydrogens (primary N) is 1. The molecule has 1 rings (SSSR count). The van der Waals surface area contributed by atoms with Crippen molar-refractivity contribution in [2.45, 2.75) is 19.0 Å². The van der Waals surface area contributed by atoms with Gasteiger partial charge in [0.15, 0.2) is 0 Å². The summed E-state index contributed by atoms with van der Waals surface area (Å²) in [5, 5.41) is 0. The number of benzene rings is 1. The van der Waals surface area contributed by atoms with Gasteiger partial charge in [0.2, 0.25) is 0 Å². The monoisotopic (exact) mass is 355 g/mol. The highest BCUT2D eigenvalue weighted by Crippen LogP contribution is 2.36. The summed E-state index contributed by atoms with van der Waals surface area (Å²) < 4.78 is 65.3. The molecule has 0 aliphatic rings. The SMILES string of the molecule is CC(/C=C(Br)\C=C/N)c1ccc(F)c(C(F)(F)F)c1F. The topological polar surface area (TPSA) is 26.0 Å². The summed E-state index contributed by atoms with van der Waals surface area (Å²) in [6.45, 7) is 1.49. The third kappa shape index (κ3) is 3.82. The average Bonchev–Trinajstić information content (AvgIpc) is 2.26. The Kier molecular flexibility index (Phi) is 5.33. The van der Waals surface area contributed by atoms with Crippen LogP contribution < -0.4 is 5.73 Å². The van der Waals surface area contributed by atoms with Crippen LogP contribution in [0.5, 0.6) is 0 Å². The summed E-state index contributed by atoms with van der Waals surface area (Å²) in [6.07, 6.45) is -0.958. The first-order valence-corrected chi connectivity index (χ1v) is 6.28. The van der Waals surface area contributed by atoms with Crippen LogP contribution in [0, 0.1) is 11.6 Å². The molecule has 1 nitrogen and oxygen atoms in total. The molecule has 1 aromatic rings. The van der Waals surface area contributed by atoms with Crippen molar-refractivity contribution in [1.29, 1.82) is 0 Å². The molecule has 0 radical (unpaired) electrons. The maximum atomic E-state index is 13.9. The quantitative estimate of drug-likeness (QED) is 0.609. The van der Waals surface area contributed by atoms with E-state index >= 15 is 0 Å². The number of allylic oxidation sites excluding steroid dienone is 3. The van der Waals surface area contributed by atoms with Crippen molar-refractivity contribution in [1.82, 2.24) is 0 Å². The van der Waals surface area contributed by atoms with Gasteiger partial charge in [-0.2, -0.15) is 13.2 Å². The van der Waals surface area contributed by atoms with Crippen LogP contribution in [0.3, 0.4) is 0 Å². The van der Waals surface area contributed by atoms with Crippen LogP contribution >= 0.6 is 15.9 Å². The lowest BCUT2D eigenvalue weighted by molar-refractivity contribution is -0.142. The summed E-state index contributed by atoms with van der Waals surface area (Å²) in [6, 6.07) is 1.60. The fourth-order valence-corrected chi connectivity index (χ4v) is 2.21. The predicted molar refractivity (Wildman–Crippen MR) is 70.1 cm³/mol. The van der Waals surface area contributed by atoms with E-state index in [2.05, 4.69) is 15.9 Å². The first-order chi connectivity index (χ1) is 9.18. The highest BCUT2D eigenvalue weighted by Gasteiger charge is 2.38. The number of hydrogen-bond donors (Lipinski definition) is 1. The lowest BCUT2D eigenvalue weighted by Crippen LogP contribution is -2.13. The maximum Gasteiger partial charge on any atom is 0.422 e. The lowest BCUT2D eigenvalue weighted by Gasteiger charge is -2.15. The van der Waals surface area contributed by atoms with Crippen molar-refractivity contribution in [3.63, 3.8) is 0 Å². The van der Waals surface area contributed by atoms with Gasteiger partial charge in [-0.15, -0.1) is 0 Å². The molecule has 20 heavy (non-hydrogen) atoms. The van der Waals surface area contributed by atoms with Crippen molar-refractivity contribution in [3.05, 3.63) is 57.7 Å². The molecule has 0 aromatic heterocycles. The molecule has 1 aromatic carbocycles. The fourth-order valence-electron chi connectivity index (χ4n) is 1.66. The average molecular weight is 356 g/mol. The Labute approximate surface area is 121 Å². The maximum absolute atomic E-state index is 13.9. The zero-order chi connectivity index (χ0) is 15.5. The molecule has 2 N–H and O–H groups in total. The van der Waals surface area contributed by atoms with Crippen LogP contribution in [0.1, 0.15) is 24.0 Å². The van der Waals surface area contributed by atoms with E-state index in [1.54, 1.807) is 0 Å². The van der Waals surface area contributed by atoms with Gasteiger partial charge in [-0.3, -0.25) is 0 Å². The standard InChI is InChI=1S/C13H11BrF5N/c1-7(6-8(14)4-5-20)9-2-3-10(15)11(12(9)16)13(17,18)19/h2-7H,20H2,1H3/b5-4-,8-6+. The second kappa shape index (κ2) is 6.39. The van der Waals surface area contributed by atoms with E-state index in [0.29, 0.717) is 10.5 Å². The minimum absolute atomic E-state index is 0.249. The van der Waals surface area contributed by atoms with Gasteiger partial charge in [-0.05, 0) is 23.9 Å². The molecule has 0 heterocycles. The number of rotatable bonds is 3. The Bertz CT molecular complexity index is 548. The molecule has 0 spiro atoms. The first kappa shape index (κ1) is 16.7. The molecule has 0 aliphatic carbocycles. The number of alkyl halides is 3. The van der Waals surface area contributed by atoms with Crippen molar-refractivity contribution in [3.8, 4) is 0 Å². The van der Waals surface area contributed by atoms with Gasteiger partial charge >= 0.3 is 6.18 Å². The van der Waals surface area contributed by atoms with Crippen LogP contribution in [0.25, 0.3) is 0 Å². The van der Waals surface area contributed by atoms with E-state index in [4.69, 9.17) is 5.73 Å². The smallest absolute Gasteiger partial charge is 0.405 e. The normalized spacial score (nSPS) is 14.8. The molecule has 1 unspecified atom stereocenters. The zero-order valence-corrected chi connectivity index (χ0v) is 11.9. The molecule has 0 bridgehead atoms. The van der Waals surface area contributed by atoms with Gasteiger partial charge in [0.05, 0.1) is 0 Å². The highest BCUT2D eigenvalue weighted by molar-refractivity contribution is 9.11. The fraction of sp³-hybridized carbons (Fsp3) is 0.231. The molecule has 0 amide bonds. The van der Waals surface area contributed by atoms with Crippen LogP contribution in [0.15, 0.2) is 35.0 Å². The third-order valence-corrected chi connectivity index (χ3v) is 3.09. The number of hydrogen-bond acceptors (Lipinski definition) is 1.